The molecule has 1 heterocycles. The second kappa shape index (κ2) is 6.19. The number of rotatable bonds is 2. The van der Waals surface area contributed by atoms with Crippen molar-refractivity contribution in [3.63, 3.8) is 0 Å². The van der Waals surface area contributed by atoms with Gasteiger partial charge in [0, 0.05) is 30.7 Å². The summed E-state index contributed by atoms with van der Waals surface area (Å²) >= 11 is 0. The largest absolute Gasteiger partial charge is 0.412 e. The molecule has 1 aliphatic heterocycles. The third kappa shape index (κ3) is 3.77. The van der Waals surface area contributed by atoms with E-state index < -0.39 is 8.32 Å². The van der Waals surface area contributed by atoms with Crippen molar-refractivity contribution in [3.8, 4) is 0 Å². The zero-order valence-electron chi connectivity index (χ0n) is 16.1. The molecule has 3 atom stereocenters. The molecule has 2 rings (SSSR count). The quantitative estimate of drug-likeness (QED) is 0.776. The van der Waals surface area contributed by atoms with Gasteiger partial charge in [-0.25, -0.2) is 0 Å². The first-order chi connectivity index (χ1) is 9.93. The fraction of sp³-hybridized carbons (Fsp3) is 1.00. The Morgan fingerprint density at radius 1 is 1.05 bits per heavy atom. The van der Waals surface area contributed by atoms with Crippen LogP contribution in [-0.2, 0) is 4.43 Å². The van der Waals surface area contributed by atoms with Gasteiger partial charge in [-0.3, -0.25) is 4.90 Å². The van der Waals surface area contributed by atoms with Crippen molar-refractivity contribution in [2.45, 2.75) is 103 Å². The van der Waals surface area contributed by atoms with Gasteiger partial charge in [-0.2, -0.15) is 0 Å². The van der Waals surface area contributed by atoms with Crippen LogP contribution in [0, 0.1) is 0 Å². The molecule has 0 aromatic carbocycles. The molecule has 0 aromatic heterocycles. The average Bonchev–Trinajstić information content (AvgIpc) is 2.35. The van der Waals surface area contributed by atoms with Crippen LogP contribution in [0.1, 0.15) is 60.8 Å². The Morgan fingerprint density at radius 2 is 1.68 bits per heavy atom. The maximum absolute atomic E-state index is 6.82. The molecule has 0 unspecified atom stereocenters. The van der Waals surface area contributed by atoms with E-state index in [2.05, 4.69) is 64.9 Å². The number of hydrogen-bond donors (Lipinski definition) is 1. The number of piperazine rings is 1. The Morgan fingerprint density at radius 3 is 2.23 bits per heavy atom. The van der Waals surface area contributed by atoms with E-state index >= 15 is 0 Å². The standard InChI is InChI=1S/C18H38N2OSi/c1-17(2,3)20-13-12-19-16-14(20)10-9-11-15(16)21-22(7,8)18(4,5)6/h14-16,19H,9-13H2,1-8H3/t14-,15+,16-/m0/s1. The normalized spacial score (nSPS) is 31.9. The Balaban J connectivity index is 2.15. The molecule has 0 bridgehead atoms. The maximum atomic E-state index is 6.82. The predicted molar refractivity (Wildman–Crippen MR) is 98.0 cm³/mol. The maximum Gasteiger partial charge on any atom is 0.192 e. The lowest BCUT2D eigenvalue weighted by Gasteiger charge is -2.54. The molecule has 1 saturated heterocycles. The molecular formula is C18H38N2OSi. The van der Waals surface area contributed by atoms with Gasteiger partial charge in [0.2, 0.25) is 0 Å². The van der Waals surface area contributed by atoms with Gasteiger partial charge < -0.3 is 9.74 Å². The van der Waals surface area contributed by atoms with Crippen molar-refractivity contribution in [3.05, 3.63) is 0 Å². The van der Waals surface area contributed by atoms with Gasteiger partial charge in [0.1, 0.15) is 0 Å². The first-order valence-corrected chi connectivity index (χ1v) is 12.0. The van der Waals surface area contributed by atoms with E-state index in [0.717, 1.165) is 13.1 Å². The van der Waals surface area contributed by atoms with Gasteiger partial charge in [0.05, 0.1) is 6.10 Å². The average molecular weight is 327 g/mol. The van der Waals surface area contributed by atoms with Crippen molar-refractivity contribution in [1.29, 1.82) is 0 Å². The fourth-order valence-corrected chi connectivity index (χ4v) is 5.16. The third-order valence-electron chi connectivity index (χ3n) is 6.05. The van der Waals surface area contributed by atoms with E-state index in [9.17, 15) is 0 Å². The second-order valence-electron chi connectivity index (χ2n) is 9.76. The van der Waals surface area contributed by atoms with Crippen LogP contribution in [0.25, 0.3) is 0 Å². The molecule has 130 valence electrons. The van der Waals surface area contributed by atoms with Gasteiger partial charge in [-0.1, -0.05) is 20.8 Å². The zero-order chi connectivity index (χ0) is 16.8. The molecule has 1 aliphatic carbocycles. The number of hydrogen-bond acceptors (Lipinski definition) is 3. The van der Waals surface area contributed by atoms with Gasteiger partial charge >= 0.3 is 0 Å². The Bertz CT molecular complexity index is 384. The van der Waals surface area contributed by atoms with Crippen LogP contribution in [0.5, 0.6) is 0 Å². The Kier molecular flexibility index (Phi) is 5.19. The minimum Gasteiger partial charge on any atom is -0.412 e. The summed E-state index contributed by atoms with van der Waals surface area (Å²) in [5.41, 5.74) is 0.254. The van der Waals surface area contributed by atoms with Gasteiger partial charge in [0.25, 0.3) is 0 Å². The van der Waals surface area contributed by atoms with Crippen LogP contribution in [0.3, 0.4) is 0 Å². The van der Waals surface area contributed by atoms with Crippen molar-refractivity contribution in [2.24, 2.45) is 0 Å². The topological polar surface area (TPSA) is 24.5 Å². The third-order valence-corrected chi connectivity index (χ3v) is 10.6. The molecule has 1 saturated carbocycles. The van der Waals surface area contributed by atoms with E-state index in [0.29, 0.717) is 23.2 Å². The molecule has 0 spiro atoms. The summed E-state index contributed by atoms with van der Waals surface area (Å²) < 4.78 is 6.82. The first-order valence-electron chi connectivity index (χ1n) is 9.11. The van der Waals surface area contributed by atoms with Crippen LogP contribution >= 0.6 is 0 Å². The molecule has 0 radical (unpaired) electrons. The molecule has 2 aliphatic rings. The highest BCUT2D eigenvalue weighted by atomic mass is 28.4. The lowest BCUT2D eigenvalue weighted by atomic mass is 9.83. The van der Waals surface area contributed by atoms with Crippen LogP contribution in [0.15, 0.2) is 0 Å². The summed E-state index contributed by atoms with van der Waals surface area (Å²) in [6.07, 6.45) is 4.23. The monoisotopic (exact) mass is 326 g/mol. The first kappa shape index (κ1) is 18.4. The fourth-order valence-electron chi connectivity index (χ4n) is 3.79. The van der Waals surface area contributed by atoms with E-state index in [1.54, 1.807) is 0 Å². The molecule has 22 heavy (non-hydrogen) atoms. The highest BCUT2D eigenvalue weighted by Crippen LogP contribution is 2.40. The molecule has 1 N–H and O–H groups in total. The minimum atomic E-state index is -1.70. The van der Waals surface area contributed by atoms with Crippen LogP contribution in [-0.4, -0.2) is 50.0 Å². The summed E-state index contributed by atoms with van der Waals surface area (Å²) in [4.78, 5) is 2.72. The highest BCUT2D eigenvalue weighted by Gasteiger charge is 2.46. The number of nitrogens with one attached hydrogen (secondary N) is 1. The van der Waals surface area contributed by atoms with E-state index in [1.165, 1.54) is 19.3 Å². The molecule has 2 fully saturated rings. The predicted octanol–water partition coefficient (Wildman–Crippen LogP) is 4.00. The van der Waals surface area contributed by atoms with Crippen molar-refractivity contribution in [1.82, 2.24) is 10.2 Å². The Hall–Kier alpha value is 0.0969. The second-order valence-corrected chi connectivity index (χ2v) is 14.5. The van der Waals surface area contributed by atoms with E-state index in [-0.39, 0.29) is 5.54 Å². The number of fused-ring (bicyclic) bond motifs is 1. The lowest BCUT2D eigenvalue weighted by Crippen LogP contribution is -2.68. The van der Waals surface area contributed by atoms with Crippen LogP contribution in [0.2, 0.25) is 18.1 Å². The van der Waals surface area contributed by atoms with Crippen molar-refractivity contribution < 1.29 is 4.43 Å². The van der Waals surface area contributed by atoms with Gasteiger partial charge in [-0.05, 0) is 58.2 Å². The lowest BCUT2D eigenvalue weighted by molar-refractivity contribution is -0.0305. The molecule has 3 nitrogen and oxygen atoms in total. The van der Waals surface area contributed by atoms with E-state index in [1.807, 2.05) is 0 Å². The summed E-state index contributed by atoms with van der Waals surface area (Å²) in [6, 6.07) is 1.15. The van der Waals surface area contributed by atoms with Crippen LogP contribution < -0.4 is 5.32 Å². The summed E-state index contributed by atoms with van der Waals surface area (Å²) in [7, 11) is -1.70. The molecule has 4 heteroatoms. The molecule has 0 aromatic rings. The summed E-state index contributed by atoms with van der Waals surface area (Å²) in [5, 5.41) is 4.09. The minimum absolute atomic E-state index is 0.254. The van der Waals surface area contributed by atoms with Gasteiger partial charge in [0.15, 0.2) is 8.32 Å². The smallest absolute Gasteiger partial charge is 0.192 e. The Labute approximate surface area is 139 Å². The molecular weight excluding hydrogens is 288 g/mol. The van der Waals surface area contributed by atoms with E-state index in [4.69, 9.17) is 4.43 Å². The van der Waals surface area contributed by atoms with Crippen LogP contribution in [0.4, 0.5) is 0 Å². The summed E-state index contributed by atoms with van der Waals surface area (Å²) in [5.74, 6) is 0. The summed E-state index contributed by atoms with van der Waals surface area (Å²) in [6.45, 7) is 21.1. The highest BCUT2D eigenvalue weighted by molar-refractivity contribution is 6.74. The van der Waals surface area contributed by atoms with Crippen molar-refractivity contribution >= 4 is 8.32 Å². The zero-order valence-corrected chi connectivity index (χ0v) is 17.1. The molecule has 0 amide bonds. The SMILES string of the molecule is CC(C)(C)N1CCN[C@@H]2[C@H](O[Si](C)(C)C(C)(C)C)CCC[C@@H]21. The van der Waals surface area contributed by atoms with Gasteiger partial charge in [-0.15, -0.1) is 0 Å². The van der Waals surface area contributed by atoms with Crippen molar-refractivity contribution in [2.75, 3.05) is 13.1 Å². The number of nitrogens with zero attached hydrogens (tertiary/aromatic N) is 1.